The van der Waals surface area contributed by atoms with Crippen LogP contribution in [0.4, 0.5) is 5.69 Å². The highest BCUT2D eigenvalue weighted by molar-refractivity contribution is 7.99. The van der Waals surface area contributed by atoms with Crippen molar-refractivity contribution in [2.24, 2.45) is 0 Å². The fraction of sp³-hybridized carbons (Fsp3) is 0.300. The van der Waals surface area contributed by atoms with Gasteiger partial charge in [0.25, 0.3) is 5.91 Å². The third-order valence-corrected chi connectivity index (χ3v) is 8.05. The monoisotopic (exact) mass is 483 g/mol. The number of nitrogens with one attached hydrogen (secondary N) is 1. The highest BCUT2D eigenvalue weighted by Gasteiger charge is 2.36. The molecule has 31 heavy (non-hydrogen) atoms. The molecular weight excluding hydrogens is 462 g/mol. The van der Waals surface area contributed by atoms with E-state index >= 15 is 0 Å². The van der Waals surface area contributed by atoms with Crippen LogP contribution in [0.1, 0.15) is 10.4 Å². The summed E-state index contributed by atoms with van der Waals surface area (Å²) in [5, 5.41) is 2.83. The van der Waals surface area contributed by atoms with Crippen LogP contribution >= 0.6 is 23.4 Å². The van der Waals surface area contributed by atoms with Crippen LogP contribution in [0.3, 0.4) is 0 Å². The number of thioether (sulfide) groups is 1. The quantitative estimate of drug-likeness (QED) is 0.678. The van der Waals surface area contributed by atoms with Gasteiger partial charge in [0.1, 0.15) is 16.7 Å². The SMILES string of the molecule is COc1ccc(NC(=O)C2CSCN2C(=O)c2ccc(Cl)c(S(=O)(=O)N(C)C)c2)cc1. The van der Waals surface area contributed by atoms with E-state index in [-0.39, 0.29) is 21.4 Å². The molecule has 0 aliphatic carbocycles. The molecular formula is C20H22ClN3O5S2. The topological polar surface area (TPSA) is 96.0 Å². The van der Waals surface area contributed by atoms with Crippen molar-refractivity contribution < 1.29 is 22.7 Å². The van der Waals surface area contributed by atoms with Gasteiger partial charge in [-0.15, -0.1) is 11.8 Å². The van der Waals surface area contributed by atoms with E-state index in [0.717, 1.165) is 4.31 Å². The molecule has 2 aromatic carbocycles. The van der Waals surface area contributed by atoms with E-state index in [1.165, 1.54) is 49.0 Å². The van der Waals surface area contributed by atoms with Crippen molar-refractivity contribution in [3.05, 3.63) is 53.1 Å². The first-order chi connectivity index (χ1) is 14.6. The standard InChI is InChI=1S/C20H22ClN3O5S2/c1-23(2)31(27,28)18-10-13(4-9-16(18)21)20(26)24-12-30-11-17(24)19(25)22-14-5-7-15(29-3)8-6-14/h4-10,17H,11-12H2,1-3H3,(H,22,25). The minimum atomic E-state index is -3.83. The molecule has 166 valence electrons. The van der Waals surface area contributed by atoms with Crippen LogP contribution in [0, 0.1) is 0 Å². The van der Waals surface area contributed by atoms with Crippen LogP contribution in [-0.2, 0) is 14.8 Å². The van der Waals surface area contributed by atoms with Crippen LogP contribution < -0.4 is 10.1 Å². The van der Waals surface area contributed by atoms with Crippen molar-refractivity contribution in [2.45, 2.75) is 10.9 Å². The van der Waals surface area contributed by atoms with Gasteiger partial charge in [0.2, 0.25) is 15.9 Å². The molecule has 8 nitrogen and oxygen atoms in total. The van der Waals surface area contributed by atoms with Gasteiger partial charge in [-0.3, -0.25) is 9.59 Å². The predicted octanol–water partition coefficient (Wildman–Crippen LogP) is 2.75. The Balaban J connectivity index is 1.81. The summed E-state index contributed by atoms with van der Waals surface area (Å²) in [6, 6.07) is 10.3. The Morgan fingerprint density at radius 1 is 1.19 bits per heavy atom. The number of halogens is 1. The van der Waals surface area contributed by atoms with Gasteiger partial charge in [-0.25, -0.2) is 12.7 Å². The first-order valence-corrected chi connectivity index (χ1v) is 12.2. The number of benzene rings is 2. The summed E-state index contributed by atoms with van der Waals surface area (Å²) in [6.07, 6.45) is 0. The van der Waals surface area contributed by atoms with E-state index < -0.39 is 22.0 Å². The second-order valence-electron chi connectivity index (χ2n) is 6.94. The number of carbonyl (C=O) groups excluding carboxylic acids is 2. The second-order valence-corrected chi connectivity index (χ2v) is 10.5. The largest absolute Gasteiger partial charge is 0.497 e. The summed E-state index contributed by atoms with van der Waals surface area (Å²) in [5.41, 5.74) is 0.732. The Morgan fingerprint density at radius 3 is 2.48 bits per heavy atom. The Labute approximate surface area is 190 Å². The van der Waals surface area contributed by atoms with Crippen LogP contribution in [-0.4, -0.2) is 68.3 Å². The molecule has 0 radical (unpaired) electrons. The number of hydrogen-bond acceptors (Lipinski definition) is 6. The third kappa shape index (κ3) is 4.98. The maximum Gasteiger partial charge on any atom is 0.255 e. The summed E-state index contributed by atoms with van der Waals surface area (Å²) in [7, 11) is 0.498. The first kappa shape index (κ1) is 23.4. The van der Waals surface area contributed by atoms with Gasteiger partial charge in [-0.2, -0.15) is 0 Å². The molecule has 0 aromatic heterocycles. The van der Waals surface area contributed by atoms with Crippen LogP contribution in [0.15, 0.2) is 47.4 Å². The molecule has 3 rings (SSSR count). The van der Waals surface area contributed by atoms with Crippen molar-refractivity contribution in [1.29, 1.82) is 0 Å². The lowest BCUT2D eigenvalue weighted by molar-refractivity contribution is -0.119. The maximum absolute atomic E-state index is 13.1. The number of hydrogen-bond donors (Lipinski definition) is 1. The predicted molar refractivity (Wildman–Crippen MR) is 121 cm³/mol. The smallest absolute Gasteiger partial charge is 0.255 e. The number of rotatable bonds is 6. The molecule has 0 spiro atoms. The Bertz CT molecular complexity index is 1090. The van der Waals surface area contributed by atoms with Gasteiger partial charge in [0.05, 0.1) is 18.0 Å². The van der Waals surface area contributed by atoms with Gasteiger partial charge in [0.15, 0.2) is 0 Å². The lowest BCUT2D eigenvalue weighted by atomic mass is 10.1. The van der Waals surface area contributed by atoms with Crippen molar-refractivity contribution in [2.75, 3.05) is 38.2 Å². The number of nitrogens with zero attached hydrogens (tertiary/aromatic N) is 2. The fourth-order valence-corrected chi connectivity index (χ4v) is 5.50. The second kappa shape index (κ2) is 9.47. The minimum absolute atomic E-state index is 0.0230. The average Bonchev–Trinajstić information content (AvgIpc) is 3.24. The Morgan fingerprint density at radius 2 is 1.87 bits per heavy atom. The number of ether oxygens (including phenoxy) is 1. The van der Waals surface area contributed by atoms with Crippen LogP contribution in [0.25, 0.3) is 0 Å². The highest BCUT2D eigenvalue weighted by Crippen LogP contribution is 2.28. The molecule has 0 saturated carbocycles. The van der Waals surface area contributed by atoms with Gasteiger partial charge in [0, 0.05) is 31.1 Å². The van der Waals surface area contributed by atoms with Gasteiger partial charge in [-0.05, 0) is 42.5 Å². The van der Waals surface area contributed by atoms with Gasteiger partial charge < -0.3 is 15.0 Å². The summed E-state index contributed by atoms with van der Waals surface area (Å²) in [4.78, 5) is 27.2. The van der Waals surface area contributed by atoms with Crippen molar-refractivity contribution in [3.8, 4) is 5.75 Å². The molecule has 1 aliphatic heterocycles. The van der Waals surface area contributed by atoms with Crippen molar-refractivity contribution in [3.63, 3.8) is 0 Å². The number of anilines is 1. The Hall–Kier alpha value is -2.27. The molecule has 1 unspecified atom stereocenters. The molecule has 1 fully saturated rings. The lowest BCUT2D eigenvalue weighted by Gasteiger charge is -2.23. The van der Waals surface area contributed by atoms with Crippen LogP contribution in [0.5, 0.6) is 5.75 Å². The molecule has 1 atom stereocenters. The summed E-state index contributed by atoms with van der Waals surface area (Å²) >= 11 is 7.52. The first-order valence-electron chi connectivity index (χ1n) is 9.21. The Kier molecular flexibility index (Phi) is 7.15. The van der Waals surface area contributed by atoms with Crippen molar-refractivity contribution >= 4 is 50.9 Å². The molecule has 1 heterocycles. The van der Waals surface area contributed by atoms with Crippen molar-refractivity contribution in [1.82, 2.24) is 9.21 Å². The number of amides is 2. The molecule has 1 N–H and O–H groups in total. The maximum atomic E-state index is 13.1. The summed E-state index contributed by atoms with van der Waals surface area (Å²) < 4.78 is 31.2. The van der Waals surface area contributed by atoms with E-state index in [9.17, 15) is 18.0 Å². The number of sulfonamides is 1. The lowest BCUT2D eigenvalue weighted by Crippen LogP contribution is -2.44. The molecule has 2 aromatic rings. The zero-order chi connectivity index (χ0) is 22.8. The fourth-order valence-electron chi connectivity index (χ4n) is 2.96. The van der Waals surface area contributed by atoms with Gasteiger partial charge in [-0.1, -0.05) is 11.6 Å². The molecule has 11 heteroatoms. The normalized spacial score (nSPS) is 16.4. The molecule has 2 amide bonds. The highest BCUT2D eigenvalue weighted by atomic mass is 35.5. The average molecular weight is 484 g/mol. The number of methoxy groups -OCH3 is 1. The summed E-state index contributed by atoms with van der Waals surface area (Å²) in [5.74, 6) is 0.657. The van der Waals surface area contributed by atoms with E-state index in [2.05, 4.69) is 5.32 Å². The third-order valence-electron chi connectivity index (χ3n) is 4.74. The van der Waals surface area contributed by atoms with E-state index in [4.69, 9.17) is 16.3 Å². The summed E-state index contributed by atoms with van der Waals surface area (Å²) in [6.45, 7) is 0. The minimum Gasteiger partial charge on any atom is -0.497 e. The molecule has 1 saturated heterocycles. The zero-order valence-corrected chi connectivity index (χ0v) is 19.6. The van der Waals surface area contributed by atoms with E-state index in [0.29, 0.717) is 23.1 Å². The van der Waals surface area contributed by atoms with Crippen LogP contribution in [0.2, 0.25) is 5.02 Å². The van der Waals surface area contributed by atoms with Gasteiger partial charge >= 0.3 is 0 Å². The van der Waals surface area contributed by atoms with E-state index in [1.807, 2.05) is 0 Å². The van der Waals surface area contributed by atoms with E-state index in [1.54, 1.807) is 31.4 Å². The molecule has 0 bridgehead atoms. The molecule has 1 aliphatic rings. The zero-order valence-electron chi connectivity index (χ0n) is 17.2. The number of carbonyl (C=O) groups is 2.